The average molecular weight is 404 g/mol. The lowest BCUT2D eigenvalue weighted by Gasteiger charge is -2.29. The van der Waals surface area contributed by atoms with Gasteiger partial charge in [-0.05, 0) is 65.6 Å². The zero-order valence-corrected chi connectivity index (χ0v) is 17.3. The molecule has 3 aromatic rings. The molecule has 0 saturated heterocycles. The van der Waals surface area contributed by atoms with Crippen LogP contribution in [0.4, 0.5) is 4.39 Å². The van der Waals surface area contributed by atoms with Crippen molar-refractivity contribution in [2.75, 3.05) is 20.8 Å². The molecule has 3 aromatic carbocycles. The second-order valence-electron chi connectivity index (χ2n) is 7.54. The highest BCUT2D eigenvalue weighted by atomic mass is 19.1. The minimum Gasteiger partial charge on any atom is -0.497 e. The van der Waals surface area contributed by atoms with Gasteiger partial charge in [-0.2, -0.15) is 0 Å². The van der Waals surface area contributed by atoms with E-state index in [0.29, 0.717) is 23.7 Å². The molecule has 0 aliphatic carbocycles. The van der Waals surface area contributed by atoms with Crippen LogP contribution in [0.25, 0.3) is 11.1 Å². The number of methoxy groups -OCH3 is 2. The standard InChI is InChI=1S/C25H25FN2O2/c1-16-11-18(8-10-23(16)30-3)25(14-24(27)28-15-25)19-7-9-22(26)21(13-19)17-5-4-6-20(12-17)29-2/h4-14,28H,15,27H2,1-3H3. The first-order valence-electron chi connectivity index (χ1n) is 9.78. The lowest BCUT2D eigenvalue weighted by Crippen LogP contribution is -2.31. The molecule has 4 nitrogen and oxygen atoms in total. The summed E-state index contributed by atoms with van der Waals surface area (Å²) in [6.45, 7) is 2.60. The third-order valence-corrected chi connectivity index (χ3v) is 5.75. The summed E-state index contributed by atoms with van der Waals surface area (Å²) in [5.41, 5.74) is 9.96. The topological polar surface area (TPSA) is 56.5 Å². The smallest absolute Gasteiger partial charge is 0.131 e. The Morgan fingerprint density at radius 2 is 1.73 bits per heavy atom. The summed E-state index contributed by atoms with van der Waals surface area (Å²) in [7, 11) is 3.26. The van der Waals surface area contributed by atoms with E-state index in [1.54, 1.807) is 14.2 Å². The van der Waals surface area contributed by atoms with Gasteiger partial charge in [0.05, 0.1) is 25.5 Å². The number of hydrogen-bond donors (Lipinski definition) is 2. The first-order valence-corrected chi connectivity index (χ1v) is 9.78. The van der Waals surface area contributed by atoms with Crippen molar-refractivity contribution in [1.29, 1.82) is 0 Å². The predicted octanol–water partition coefficient (Wildman–Crippen LogP) is 4.51. The fourth-order valence-electron chi connectivity index (χ4n) is 4.12. The van der Waals surface area contributed by atoms with Crippen molar-refractivity contribution in [3.05, 3.63) is 95.1 Å². The van der Waals surface area contributed by atoms with E-state index in [0.717, 1.165) is 28.0 Å². The molecule has 0 bridgehead atoms. The largest absolute Gasteiger partial charge is 0.497 e. The molecule has 1 aliphatic heterocycles. The van der Waals surface area contributed by atoms with Crippen LogP contribution in [-0.2, 0) is 5.41 Å². The molecule has 154 valence electrons. The monoisotopic (exact) mass is 404 g/mol. The zero-order valence-electron chi connectivity index (χ0n) is 17.3. The maximum absolute atomic E-state index is 14.8. The van der Waals surface area contributed by atoms with Crippen LogP contribution in [0.3, 0.4) is 0 Å². The quantitative estimate of drug-likeness (QED) is 0.657. The van der Waals surface area contributed by atoms with E-state index in [4.69, 9.17) is 15.2 Å². The molecule has 0 radical (unpaired) electrons. The van der Waals surface area contributed by atoms with Crippen LogP contribution in [0.2, 0.25) is 0 Å². The van der Waals surface area contributed by atoms with Gasteiger partial charge in [0.25, 0.3) is 0 Å². The molecular weight excluding hydrogens is 379 g/mol. The highest BCUT2D eigenvalue weighted by Crippen LogP contribution is 2.40. The highest BCUT2D eigenvalue weighted by molar-refractivity contribution is 5.68. The van der Waals surface area contributed by atoms with Crippen molar-refractivity contribution in [3.8, 4) is 22.6 Å². The van der Waals surface area contributed by atoms with E-state index in [1.807, 2.05) is 61.5 Å². The summed E-state index contributed by atoms with van der Waals surface area (Å²) < 4.78 is 25.6. The van der Waals surface area contributed by atoms with E-state index in [-0.39, 0.29) is 5.82 Å². The van der Waals surface area contributed by atoms with Crippen LogP contribution in [0.5, 0.6) is 11.5 Å². The summed E-state index contributed by atoms with van der Waals surface area (Å²) in [5, 5.41) is 3.24. The molecule has 0 saturated carbocycles. The zero-order chi connectivity index (χ0) is 21.3. The molecule has 0 fully saturated rings. The number of ether oxygens (including phenoxy) is 2. The molecule has 0 spiro atoms. The van der Waals surface area contributed by atoms with Gasteiger partial charge in [-0.25, -0.2) is 4.39 Å². The van der Waals surface area contributed by atoms with Crippen molar-refractivity contribution in [1.82, 2.24) is 5.32 Å². The second-order valence-corrected chi connectivity index (χ2v) is 7.54. The van der Waals surface area contributed by atoms with Gasteiger partial charge in [-0.1, -0.05) is 30.3 Å². The third-order valence-electron chi connectivity index (χ3n) is 5.75. The molecular formula is C25H25FN2O2. The minimum atomic E-state index is -0.511. The lowest BCUT2D eigenvalue weighted by molar-refractivity contribution is 0.411. The Balaban J connectivity index is 1.88. The molecule has 1 unspecified atom stereocenters. The van der Waals surface area contributed by atoms with E-state index in [1.165, 1.54) is 6.07 Å². The third kappa shape index (κ3) is 3.36. The van der Waals surface area contributed by atoms with Gasteiger partial charge in [-0.15, -0.1) is 0 Å². The van der Waals surface area contributed by atoms with Crippen molar-refractivity contribution in [2.24, 2.45) is 5.73 Å². The fraction of sp³-hybridized carbons (Fsp3) is 0.200. The van der Waals surface area contributed by atoms with Crippen molar-refractivity contribution in [3.63, 3.8) is 0 Å². The van der Waals surface area contributed by atoms with Gasteiger partial charge in [-0.3, -0.25) is 0 Å². The molecule has 3 N–H and O–H groups in total. The average Bonchev–Trinajstić information content (AvgIpc) is 3.17. The summed E-state index contributed by atoms with van der Waals surface area (Å²) in [5.74, 6) is 1.84. The molecule has 4 rings (SSSR count). The van der Waals surface area contributed by atoms with E-state index in [2.05, 4.69) is 11.4 Å². The Bertz CT molecular complexity index is 1130. The van der Waals surface area contributed by atoms with Crippen molar-refractivity contribution in [2.45, 2.75) is 12.3 Å². The van der Waals surface area contributed by atoms with Gasteiger partial charge >= 0.3 is 0 Å². The molecule has 5 heteroatoms. The van der Waals surface area contributed by atoms with Gasteiger partial charge in [0.1, 0.15) is 17.3 Å². The second kappa shape index (κ2) is 7.75. The molecule has 30 heavy (non-hydrogen) atoms. The van der Waals surface area contributed by atoms with E-state index >= 15 is 0 Å². The summed E-state index contributed by atoms with van der Waals surface area (Å²) in [6, 6.07) is 18.8. The number of halogens is 1. The maximum atomic E-state index is 14.8. The Kier molecular flexibility index (Phi) is 5.12. The first-order chi connectivity index (χ1) is 14.5. The Hall–Kier alpha value is -3.47. The summed E-state index contributed by atoms with van der Waals surface area (Å²) >= 11 is 0. The van der Waals surface area contributed by atoms with Crippen LogP contribution < -0.4 is 20.5 Å². The number of nitrogens with one attached hydrogen (secondary N) is 1. The van der Waals surface area contributed by atoms with E-state index in [9.17, 15) is 4.39 Å². The van der Waals surface area contributed by atoms with Crippen molar-refractivity contribution < 1.29 is 13.9 Å². The molecule has 0 aromatic heterocycles. The van der Waals surface area contributed by atoms with Crippen molar-refractivity contribution >= 4 is 0 Å². The van der Waals surface area contributed by atoms with Gasteiger partial charge in [0, 0.05) is 12.1 Å². The number of hydrogen-bond acceptors (Lipinski definition) is 4. The Morgan fingerprint density at radius 3 is 2.40 bits per heavy atom. The number of aryl methyl sites for hydroxylation is 1. The number of nitrogens with two attached hydrogens (primary N) is 1. The highest BCUT2D eigenvalue weighted by Gasteiger charge is 2.37. The van der Waals surface area contributed by atoms with Crippen LogP contribution in [-0.4, -0.2) is 20.8 Å². The minimum absolute atomic E-state index is 0.282. The van der Waals surface area contributed by atoms with Crippen LogP contribution in [0, 0.1) is 12.7 Å². The van der Waals surface area contributed by atoms with Crippen LogP contribution in [0.1, 0.15) is 16.7 Å². The normalized spacial score (nSPS) is 17.9. The molecule has 1 atom stereocenters. The van der Waals surface area contributed by atoms with Gasteiger partial charge < -0.3 is 20.5 Å². The predicted molar refractivity (Wildman–Crippen MR) is 117 cm³/mol. The van der Waals surface area contributed by atoms with Crippen LogP contribution in [0.15, 0.2) is 72.6 Å². The van der Waals surface area contributed by atoms with Gasteiger partial charge in [0.2, 0.25) is 0 Å². The Labute approximate surface area is 176 Å². The molecule has 1 aliphatic rings. The fourth-order valence-corrected chi connectivity index (χ4v) is 4.12. The lowest BCUT2D eigenvalue weighted by atomic mass is 9.74. The molecule has 1 heterocycles. The van der Waals surface area contributed by atoms with Crippen LogP contribution >= 0.6 is 0 Å². The maximum Gasteiger partial charge on any atom is 0.131 e. The van der Waals surface area contributed by atoms with E-state index < -0.39 is 5.41 Å². The first kappa shape index (κ1) is 19.8. The summed E-state index contributed by atoms with van der Waals surface area (Å²) in [4.78, 5) is 0. The van der Waals surface area contributed by atoms with Gasteiger partial charge in [0.15, 0.2) is 0 Å². The molecule has 0 amide bonds. The number of benzene rings is 3. The Morgan fingerprint density at radius 1 is 0.967 bits per heavy atom. The SMILES string of the molecule is COc1cccc(-c2cc(C3(c4ccc(OC)c(C)c4)C=C(N)NC3)ccc2F)c1. The summed E-state index contributed by atoms with van der Waals surface area (Å²) in [6.07, 6.45) is 2.01. The number of rotatable bonds is 5.